The fourth-order valence-corrected chi connectivity index (χ4v) is 7.69. The Bertz CT molecular complexity index is 2190. The van der Waals surface area contributed by atoms with E-state index in [4.69, 9.17) is 33.2 Å². The predicted octanol–water partition coefficient (Wildman–Crippen LogP) is 8.01. The summed E-state index contributed by atoms with van der Waals surface area (Å²) in [4.78, 5) is 39.8. The summed E-state index contributed by atoms with van der Waals surface area (Å²) in [5.41, 5.74) is 5.77. The highest BCUT2D eigenvalue weighted by molar-refractivity contribution is 5.82. The lowest BCUT2D eigenvalue weighted by atomic mass is 9.96. The van der Waals surface area contributed by atoms with Gasteiger partial charge >= 0.3 is 12.1 Å². The van der Waals surface area contributed by atoms with Crippen molar-refractivity contribution in [2.45, 2.75) is 88.8 Å². The third kappa shape index (κ3) is 11.5. The van der Waals surface area contributed by atoms with Gasteiger partial charge in [-0.15, -0.1) is 0 Å². The summed E-state index contributed by atoms with van der Waals surface area (Å²) < 4.78 is 43.1. The molecular formula is C49H52N2O11. The van der Waals surface area contributed by atoms with Crippen LogP contribution in [0.1, 0.15) is 54.5 Å². The molecule has 1 N–H and O–H groups in total. The SMILES string of the molecule is CC(C)(C)OC(=O)[C@H](CO[C@H]1O[C@H](COCc2ccccc2)[C@H](OCc2ccccc2)[C@H](OCc2ccccc2)[C@H]1[N+](=O)[O-])NC(=O)OCC1c2ccccc2-c2ccccc21. The standard InChI is InChI=1S/C49H52N2O11/c1-49(2,3)62-46(52)41(50-48(53)60-30-40-38-25-15-13-23-36(38)37-24-14-16-26-39(37)40)31-59-47-43(51(54)55)45(58-29-35-21-11-6-12-22-35)44(57-28-34-19-9-5-10-20-34)42(61-47)32-56-27-33-17-7-4-8-18-33/h4-26,40-45,47H,27-32H2,1-3H3,(H,50,53)/t41-,42+,43+,44-,45+,47-/m0/s1. The van der Waals surface area contributed by atoms with Crippen molar-refractivity contribution in [2.75, 3.05) is 19.8 Å². The number of nitrogens with zero attached hydrogens (tertiary/aromatic N) is 1. The third-order valence-electron chi connectivity index (χ3n) is 10.6. The van der Waals surface area contributed by atoms with Crippen LogP contribution in [-0.2, 0) is 57.8 Å². The van der Waals surface area contributed by atoms with Crippen LogP contribution in [0, 0.1) is 10.1 Å². The zero-order valence-electron chi connectivity index (χ0n) is 35.0. The molecule has 0 radical (unpaired) electrons. The number of esters is 1. The van der Waals surface area contributed by atoms with Crippen molar-refractivity contribution >= 4 is 12.1 Å². The number of fused-ring (bicyclic) bond motifs is 3. The van der Waals surface area contributed by atoms with Gasteiger partial charge < -0.3 is 38.5 Å². The highest BCUT2D eigenvalue weighted by Gasteiger charge is 2.55. The molecule has 7 rings (SSSR count). The number of amides is 1. The number of alkyl carbamates (subject to hydrolysis) is 1. The lowest BCUT2D eigenvalue weighted by Crippen LogP contribution is -2.64. The normalized spacial score (nSPS) is 20.1. The molecule has 13 nitrogen and oxygen atoms in total. The molecule has 0 aromatic heterocycles. The van der Waals surface area contributed by atoms with Gasteiger partial charge in [0.05, 0.1) is 33.0 Å². The Hall–Kier alpha value is -5.96. The van der Waals surface area contributed by atoms with Crippen molar-refractivity contribution in [3.05, 3.63) is 177 Å². The number of carbonyl (C=O) groups excluding carboxylic acids is 2. The number of nitro groups is 1. The Kier molecular flexibility index (Phi) is 14.8. The second kappa shape index (κ2) is 20.7. The summed E-state index contributed by atoms with van der Waals surface area (Å²) in [6.45, 7) is 4.81. The summed E-state index contributed by atoms with van der Waals surface area (Å²) in [7, 11) is 0. The minimum Gasteiger partial charge on any atom is -0.458 e. The largest absolute Gasteiger partial charge is 0.458 e. The van der Waals surface area contributed by atoms with E-state index in [0.717, 1.165) is 38.9 Å². The van der Waals surface area contributed by atoms with Crippen LogP contribution in [0.2, 0.25) is 0 Å². The predicted molar refractivity (Wildman–Crippen MR) is 229 cm³/mol. The molecule has 62 heavy (non-hydrogen) atoms. The van der Waals surface area contributed by atoms with E-state index in [-0.39, 0.29) is 39.0 Å². The maximum atomic E-state index is 13.7. The van der Waals surface area contributed by atoms with Gasteiger partial charge in [0, 0.05) is 10.8 Å². The van der Waals surface area contributed by atoms with Crippen LogP contribution in [-0.4, -0.2) is 79.1 Å². The molecule has 0 saturated carbocycles. The van der Waals surface area contributed by atoms with Gasteiger partial charge in [-0.1, -0.05) is 140 Å². The zero-order valence-corrected chi connectivity index (χ0v) is 35.0. The molecule has 1 amide bonds. The Morgan fingerprint density at radius 3 is 1.71 bits per heavy atom. The molecule has 13 heteroatoms. The second-order valence-corrected chi connectivity index (χ2v) is 16.2. The molecule has 6 atom stereocenters. The van der Waals surface area contributed by atoms with Gasteiger partial charge in [-0.05, 0) is 59.7 Å². The summed E-state index contributed by atoms with van der Waals surface area (Å²) >= 11 is 0. The van der Waals surface area contributed by atoms with Crippen molar-refractivity contribution in [1.29, 1.82) is 0 Å². The first-order valence-electron chi connectivity index (χ1n) is 20.7. The van der Waals surface area contributed by atoms with Gasteiger partial charge in [-0.2, -0.15) is 0 Å². The van der Waals surface area contributed by atoms with Gasteiger partial charge in [-0.25, -0.2) is 9.59 Å². The van der Waals surface area contributed by atoms with Crippen molar-refractivity contribution in [3.63, 3.8) is 0 Å². The monoisotopic (exact) mass is 844 g/mol. The minimum atomic E-state index is -1.64. The molecule has 0 bridgehead atoms. The van der Waals surface area contributed by atoms with Gasteiger partial charge in [0.15, 0.2) is 12.1 Å². The lowest BCUT2D eigenvalue weighted by Gasteiger charge is -2.42. The number of rotatable bonds is 18. The summed E-state index contributed by atoms with van der Waals surface area (Å²) in [5, 5.41) is 15.7. The van der Waals surface area contributed by atoms with Crippen LogP contribution >= 0.6 is 0 Å². The fraction of sp³-hybridized carbons (Fsp3) is 0.347. The number of benzene rings is 5. The maximum absolute atomic E-state index is 13.7. The topological polar surface area (TPSA) is 154 Å². The average Bonchev–Trinajstić information content (AvgIpc) is 3.59. The van der Waals surface area contributed by atoms with E-state index in [1.165, 1.54) is 0 Å². The number of nitrogens with one attached hydrogen (secondary N) is 1. The van der Waals surface area contributed by atoms with E-state index in [1.54, 1.807) is 20.8 Å². The van der Waals surface area contributed by atoms with E-state index >= 15 is 0 Å². The molecular weight excluding hydrogens is 793 g/mol. The highest BCUT2D eigenvalue weighted by atomic mass is 16.7. The van der Waals surface area contributed by atoms with Crippen LogP contribution in [0.25, 0.3) is 11.1 Å². The maximum Gasteiger partial charge on any atom is 0.407 e. The summed E-state index contributed by atoms with van der Waals surface area (Å²) in [6.07, 6.45) is -5.62. The fourth-order valence-electron chi connectivity index (χ4n) is 7.69. The summed E-state index contributed by atoms with van der Waals surface area (Å²) in [5.74, 6) is -1.06. The molecule has 2 aliphatic rings. The van der Waals surface area contributed by atoms with Crippen LogP contribution in [0.15, 0.2) is 140 Å². The smallest absolute Gasteiger partial charge is 0.407 e. The van der Waals surface area contributed by atoms with Gasteiger partial charge in [0.25, 0.3) is 6.04 Å². The van der Waals surface area contributed by atoms with Crippen LogP contribution in [0.4, 0.5) is 4.79 Å². The molecule has 324 valence electrons. The van der Waals surface area contributed by atoms with Crippen molar-refractivity contribution < 1.29 is 47.7 Å². The van der Waals surface area contributed by atoms with Gasteiger partial charge in [0.2, 0.25) is 6.29 Å². The third-order valence-corrected chi connectivity index (χ3v) is 10.6. The molecule has 1 aliphatic heterocycles. The number of ether oxygens (including phenoxy) is 7. The molecule has 1 fully saturated rings. The van der Waals surface area contributed by atoms with E-state index in [2.05, 4.69) is 5.32 Å². The highest BCUT2D eigenvalue weighted by Crippen LogP contribution is 2.44. The number of hydrogen-bond acceptors (Lipinski definition) is 11. The zero-order chi connectivity index (χ0) is 43.5. The van der Waals surface area contributed by atoms with Crippen LogP contribution < -0.4 is 5.32 Å². The molecule has 1 heterocycles. The average molecular weight is 845 g/mol. The van der Waals surface area contributed by atoms with E-state index in [0.29, 0.717) is 0 Å². The molecule has 5 aromatic rings. The van der Waals surface area contributed by atoms with Crippen LogP contribution in [0.5, 0.6) is 0 Å². The lowest BCUT2D eigenvalue weighted by molar-refractivity contribution is -0.577. The van der Waals surface area contributed by atoms with Gasteiger partial charge in [0.1, 0.15) is 24.4 Å². The van der Waals surface area contributed by atoms with Crippen molar-refractivity contribution in [1.82, 2.24) is 5.32 Å². The Balaban J connectivity index is 1.12. The molecule has 1 aliphatic carbocycles. The molecule has 0 spiro atoms. The minimum absolute atomic E-state index is 0.00759. The Morgan fingerprint density at radius 2 is 1.18 bits per heavy atom. The van der Waals surface area contributed by atoms with Crippen molar-refractivity contribution in [3.8, 4) is 11.1 Å². The Morgan fingerprint density at radius 1 is 0.677 bits per heavy atom. The van der Waals surface area contributed by atoms with E-state index < -0.39 is 65.9 Å². The Labute approximate surface area is 361 Å². The first-order chi connectivity index (χ1) is 30.0. The first kappa shape index (κ1) is 44.1. The summed E-state index contributed by atoms with van der Waals surface area (Å²) in [6, 6.07) is 41.0. The molecule has 1 saturated heterocycles. The quantitative estimate of drug-likeness (QED) is 0.0519. The number of carbonyl (C=O) groups is 2. The number of hydrogen-bond donors (Lipinski definition) is 1. The molecule has 0 unspecified atom stereocenters. The van der Waals surface area contributed by atoms with E-state index in [1.807, 2.05) is 140 Å². The first-order valence-corrected chi connectivity index (χ1v) is 20.7. The van der Waals surface area contributed by atoms with Crippen LogP contribution in [0.3, 0.4) is 0 Å². The van der Waals surface area contributed by atoms with Crippen molar-refractivity contribution in [2.24, 2.45) is 0 Å². The second-order valence-electron chi connectivity index (χ2n) is 16.2. The van der Waals surface area contributed by atoms with Gasteiger partial charge in [-0.3, -0.25) is 10.1 Å². The molecule has 5 aromatic carbocycles. The van der Waals surface area contributed by atoms with E-state index in [9.17, 15) is 19.7 Å².